The lowest BCUT2D eigenvalue weighted by Gasteiger charge is -1.98. The molecule has 17 heavy (non-hydrogen) atoms. The number of halogens is 1. The summed E-state index contributed by atoms with van der Waals surface area (Å²) in [6.07, 6.45) is 0. The second-order valence-electron chi connectivity index (χ2n) is 3.21. The fourth-order valence-electron chi connectivity index (χ4n) is 1.11. The maximum absolute atomic E-state index is 12.8. The van der Waals surface area contributed by atoms with Gasteiger partial charge in [-0.05, 0) is 18.2 Å². The standard InChI is InChI=1S/C12H10FNO3/c1-8(15)14-6-2-3-9-4-5-10(13)7-11(9)12(16)17/h4-5,7H,6H2,1H3,(H,14,15)(H,16,17). The molecule has 1 aromatic rings. The zero-order chi connectivity index (χ0) is 12.8. The minimum atomic E-state index is -1.24. The van der Waals surface area contributed by atoms with E-state index in [2.05, 4.69) is 17.2 Å². The number of hydrogen-bond acceptors (Lipinski definition) is 2. The Kier molecular flexibility index (Phi) is 4.23. The lowest BCUT2D eigenvalue weighted by atomic mass is 10.1. The average molecular weight is 235 g/mol. The first-order valence-electron chi connectivity index (χ1n) is 4.77. The van der Waals surface area contributed by atoms with Crippen LogP contribution in [-0.4, -0.2) is 23.5 Å². The van der Waals surface area contributed by atoms with E-state index in [1.807, 2.05) is 0 Å². The summed E-state index contributed by atoms with van der Waals surface area (Å²) in [4.78, 5) is 21.4. The van der Waals surface area contributed by atoms with E-state index in [-0.39, 0.29) is 23.6 Å². The van der Waals surface area contributed by atoms with Crippen molar-refractivity contribution < 1.29 is 19.1 Å². The van der Waals surface area contributed by atoms with Crippen LogP contribution in [-0.2, 0) is 4.79 Å². The van der Waals surface area contributed by atoms with E-state index in [1.165, 1.54) is 13.0 Å². The van der Waals surface area contributed by atoms with E-state index in [0.717, 1.165) is 12.1 Å². The van der Waals surface area contributed by atoms with Crippen molar-refractivity contribution in [3.63, 3.8) is 0 Å². The van der Waals surface area contributed by atoms with Crippen molar-refractivity contribution in [2.75, 3.05) is 6.54 Å². The third-order valence-electron chi connectivity index (χ3n) is 1.86. The Balaban J connectivity index is 2.90. The van der Waals surface area contributed by atoms with Crippen molar-refractivity contribution in [2.24, 2.45) is 0 Å². The number of carboxylic acid groups (broad SMARTS) is 1. The summed E-state index contributed by atoms with van der Waals surface area (Å²) < 4.78 is 12.8. The quantitative estimate of drug-likeness (QED) is 0.752. The molecule has 0 aliphatic heterocycles. The Labute approximate surface area is 97.5 Å². The summed E-state index contributed by atoms with van der Waals surface area (Å²) in [6.45, 7) is 1.47. The number of carbonyl (C=O) groups excluding carboxylic acids is 1. The Morgan fingerprint density at radius 2 is 2.18 bits per heavy atom. The highest BCUT2D eigenvalue weighted by molar-refractivity contribution is 5.90. The molecule has 1 aromatic carbocycles. The number of hydrogen-bond donors (Lipinski definition) is 2. The van der Waals surface area contributed by atoms with E-state index >= 15 is 0 Å². The Morgan fingerprint density at radius 1 is 1.47 bits per heavy atom. The molecule has 0 unspecified atom stereocenters. The van der Waals surface area contributed by atoms with Crippen molar-refractivity contribution in [3.05, 3.63) is 35.1 Å². The third kappa shape index (κ3) is 3.95. The molecule has 1 amide bonds. The molecular weight excluding hydrogens is 225 g/mol. The van der Waals surface area contributed by atoms with Crippen LogP contribution in [0.15, 0.2) is 18.2 Å². The molecule has 4 nitrogen and oxygen atoms in total. The van der Waals surface area contributed by atoms with Gasteiger partial charge in [0.15, 0.2) is 0 Å². The van der Waals surface area contributed by atoms with Gasteiger partial charge in [-0.25, -0.2) is 9.18 Å². The average Bonchev–Trinajstić information content (AvgIpc) is 2.25. The van der Waals surface area contributed by atoms with Gasteiger partial charge in [0.05, 0.1) is 12.1 Å². The number of carbonyl (C=O) groups is 2. The van der Waals surface area contributed by atoms with Crippen molar-refractivity contribution >= 4 is 11.9 Å². The number of amides is 1. The first-order chi connectivity index (χ1) is 8.00. The van der Waals surface area contributed by atoms with Crippen molar-refractivity contribution in [3.8, 4) is 11.8 Å². The van der Waals surface area contributed by atoms with E-state index in [0.29, 0.717) is 0 Å². The number of nitrogens with one attached hydrogen (secondary N) is 1. The highest BCUT2D eigenvalue weighted by Crippen LogP contribution is 2.10. The molecule has 0 aromatic heterocycles. The zero-order valence-corrected chi connectivity index (χ0v) is 9.08. The molecule has 0 aliphatic carbocycles. The Bertz CT molecular complexity index is 514. The van der Waals surface area contributed by atoms with Gasteiger partial charge in [-0.15, -0.1) is 0 Å². The molecule has 0 radical (unpaired) electrons. The van der Waals surface area contributed by atoms with E-state index < -0.39 is 11.8 Å². The van der Waals surface area contributed by atoms with Gasteiger partial charge in [-0.3, -0.25) is 4.79 Å². The fraction of sp³-hybridized carbons (Fsp3) is 0.167. The van der Waals surface area contributed by atoms with Gasteiger partial charge in [-0.1, -0.05) is 11.8 Å². The van der Waals surface area contributed by atoms with Gasteiger partial charge in [0.1, 0.15) is 5.82 Å². The second kappa shape index (κ2) is 5.66. The van der Waals surface area contributed by atoms with Gasteiger partial charge < -0.3 is 10.4 Å². The van der Waals surface area contributed by atoms with Crippen LogP contribution >= 0.6 is 0 Å². The molecule has 0 bridgehead atoms. The first-order valence-corrected chi connectivity index (χ1v) is 4.77. The van der Waals surface area contributed by atoms with Crippen molar-refractivity contribution in [2.45, 2.75) is 6.92 Å². The van der Waals surface area contributed by atoms with Crippen LogP contribution in [0.1, 0.15) is 22.8 Å². The molecule has 0 saturated heterocycles. The van der Waals surface area contributed by atoms with Gasteiger partial charge in [-0.2, -0.15) is 0 Å². The fourth-order valence-corrected chi connectivity index (χ4v) is 1.11. The van der Waals surface area contributed by atoms with Crippen LogP contribution in [0.5, 0.6) is 0 Å². The van der Waals surface area contributed by atoms with E-state index in [1.54, 1.807) is 0 Å². The number of carboxylic acids is 1. The summed E-state index contributed by atoms with van der Waals surface area (Å²) in [5, 5.41) is 11.3. The van der Waals surface area contributed by atoms with Gasteiger partial charge in [0, 0.05) is 12.5 Å². The molecular formula is C12H10FNO3. The smallest absolute Gasteiger partial charge is 0.337 e. The van der Waals surface area contributed by atoms with Crippen molar-refractivity contribution in [1.29, 1.82) is 0 Å². The zero-order valence-electron chi connectivity index (χ0n) is 9.08. The molecule has 5 heteroatoms. The number of aromatic carboxylic acids is 1. The molecule has 0 spiro atoms. The second-order valence-corrected chi connectivity index (χ2v) is 3.21. The highest BCUT2D eigenvalue weighted by atomic mass is 19.1. The Hall–Kier alpha value is -2.35. The highest BCUT2D eigenvalue weighted by Gasteiger charge is 2.09. The molecule has 0 heterocycles. The van der Waals surface area contributed by atoms with Crippen molar-refractivity contribution in [1.82, 2.24) is 5.32 Å². The topological polar surface area (TPSA) is 66.4 Å². The monoisotopic (exact) mass is 235 g/mol. The number of benzene rings is 1. The van der Waals surface area contributed by atoms with Crippen LogP contribution in [0.3, 0.4) is 0 Å². The summed E-state index contributed by atoms with van der Waals surface area (Å²) in [5.74, 6) is 3.05. The predicted octanol–water partition coefficient (Wildman–Crippen LogP) is 1.01. The summed E-state index contributed by atoms with van der Waals surface area (Å²) >= 11 is 0. The summed E-state index contributed by atoms with van der Waals surface area (Å²) in [6, 6.07) is 3.33. The lowest BCUT2D eigenvalue weighted by molar-refractivity contribution is -0.118. The largest absolute Gasteiger partial charge is 0.478 e. The molecule has 1 rings (SSSR count). The SMILES string of the molecule is CC(=O)NCC#Cc1ccc(F)cc1C(=O)O. The normalized spacial score (nSPS) is 9.06. The minimum Gasteiger partial charge on any atom is -0.478 e. The molecule has 0 aliphatic rings. The Morgan fingerprint density at radius 3 is 2.76 bits per heavy atom. The van der Waals surface area contributed by atoms with E-state index in [9.17, 15) is 14.0 Å². The predicted molar refractivity (Wildman–Crippen MR) is 58.9 cm³/mol. The van der Waals surface area contributed by atoms with Crippen LogP contribution in [0.25, 0.3) is 0 Å². The third-order valence-corrected chi connectivity index (χ3v) is 1.86. The lowest BCUT2D eigenvalue weighted by Crippen LogP contribution is -2.19. The van der Waals surface area contributed by atoms with Crippen LogP contribution in [0, 0.1) is 17.7 Å². The minimum absolute atomic E-state index is 0.117. The van der Waals surface area contributed by atoms with Gasteiger partial charge in [0.25, 0.3) is 0 Å². The van der Waals surface area contributed by atoms with Gasteiger partial charge in [0.2, 0.25) is 5.91 Å². The molecule has 88 valence electrons. The summed E-state index contributed by atoms with van der Waals surface area (Å²) in [7, 11) is 0. The maximum atomic E-state index is 12.8. The van der Waals surface area contributed by atoms with Gasteiger partial charge >= 0.3 is 5.97 Å². The molecule has 0 atom stereocenters. The van der Waals surface area contributed by atoms with Crippen LogP contribution < -0.4 is 5.32 Å². The molecule has 0 fully saturated rings. The molecule has 0 saturated carbocycles. The maximum Gasteiger partial charge on any atom is 0.337 e. The first kappa shape index (κ1) is 12.7. The molecule has 2 N–H and O–H groups in total. The summed E-state index contributed by atoms with van der Waals surface area (Å²) in [5.41, 5.74) is 0.0181. The number of rotatable bonds is 2. The van der Waals surface area contributed by atoms with Crippen LogP contribution in [0.2, 0.25) is 0 Å². The van der Waals surface area contributed by atoms with Crippen LogP contribution in [0.4, 0.5) is 4.39 Å². The van der Waals surface area contributed by atoms with E-state index in [4.69, 9.17) is 5.11 Å².